The number of nitrogens with zero attached hydrogens (tertiary/aromatic N) is 3. The molecule has 3 heterocycles. The van der Waals surface area contributed by atoms with Crippen LogP contribution in [0.5, 0.6) is 0 Å². The molecule has 1 N–H and O–H groups in total. The average Bonchev–Trinajstić information content (AvgIpc) is 3.21. The molecule has 1 fully saturated rings. The number of carbonyl (C=O) groups is 2. The summed E-state index contributed by atoms with van der Waals surface area (Å²) in [4.78, 5) is 31.7. The van der Waals surface area contributed by atoms with Crippen molar-refractivity contribution in [3.8, 4) is 0 Å². The van der Waals surface area contributed by atoms with Crippen LogP contribution in [-0.4, -0.2) is 38.0 Å². The highest BCUT2D eigenvalue weighted by molar-refractivity contribution is 7.12. The lowest BCUT2D eigenvalue weighted by Gasteiger charge is -2.26. The first-order valence-electron chi connectivity index (χ1n) is 7.60. The zero-order valence-electron chi connectivity index (χ0n) is 12.9. The van der Waals surface area contributed by atoms with Crippen molar-refractivity contribution < 1.29 is 14.7 Å². The summed E-state index contributed by atoms with van der Waals surface area (Å²) >= 11 is 1.57. The first-order chi connectivity index (χ1) is 11.1. The Hall–Kier alpha value is -2.15. The minimum atomic E-state index is -0.897. The van der Waals surface area contributed by atoms with Gasteiger partial charge in [0.15, 0.2) is 0 Å². The van der Waals surface area contributed by atoms with E-state index < -0.39 is 11.9 Å². The molecule has 0 spiro atoms. The number of carboxylic acid groups (broad SMARTS) is 1. The number of hydrogen-bond acceptors (Lipinski definition) is 4. The summed E-state index contributed by atoms with van der Waals surface area (Å²) in [5.74, 6) is -1.63. The molecule has 3 rings (SSSR count). The van der Waals surface area contributed by atoms with E-state index in [1.54, 1.807) is 28.8 Å². The number of hydrogen-bond donors (Lipinski definition) is 1. The van der Waals surface area contributed by atoms with E-state index in [-0.39, 0.29) is 18.4 Å². The Kier molecular flexibility index (Phi) is 4.47. The van der Waals surface area contributed by atoms with Crippen molar-refractivity contribution in [2.45, 2.75) is 32.4 Å². The number of carboxylic acids is 1. The molecule has 2 unspecified atom stereocenters. The van der Waals surface area contributed by atoms with Crippen LogP contribution in [0.1, 0.15) is 28.6 Å². The molecular weight excluding hydrogens is 314 g/mol. The highest BCUT2D eigenvalue weighted by atomic mass is 32.1. The maximum absolute atomic E-state index is 12.3. The van der Waals surface area contributed by atoms with Crippen LogP contribution in [0, 0.1) is 12.8 Å². The van der Waals surface area contributed by atoms with Crippen molar-refractivity contribution in [3.63, 3.8) is 0 Å². The Morgan fingerprint density at radius 1 is 1.43 bits per heavy atom. The van der Waals surface area contributed by atoms with E-state index >= 15 is 0 Å². The van der Waals surface area contributed by atoms with E-state index in [9.17, 15) is 14.7 Å². The van der Waals surface area contributed by atoms with E-state index in [0.717, 1.165) is 22.7 Å². The Bertz CT molecular complexity index is 695. The fourth-order valence-corrected chi connectivity index (χ4v) is 4.14. The molecular formula is C16H19N3O3S. The maximum atomic E-state index is 12.3. The van der Waals surface area contributed by atoms with Crippen molar-refractivity contribution in [2.24, 2.45) is 5.92 Å². The van der Waals surface area contributed by atoms with Crippen LogP contribution in [0.3, 0.4) is 0 Å². The van der Waals surface area contributed by atoms with Gasteiger partial charge in [0.2, 0.25) is 5.91 Å². The third-order valence-corrected chi connectivity index (χ3v) is 5.25. The first kappa shape index (κ1) is 15.7. The Morgan fingerprint density at radius 2 is 2.26 bits per heavy atom. The molecule has 2 aromatic rings. The lowest BCUT2D eigenvalue weighted by atomic mass is 9.99. The van der Waals surface area contributed by atoms with Gasteiger partial charge < -0.3 is 14.6 Å². The summed E-state index contributed by atoms with van der Waals surface area (Å²) in [5, 5.41) is 9.48. The second-order valence-corrected chi connectivity index (χ2v) is 7.10. The average molecular weight is 333 g/mol. The molecule has 2 aromatic heterocycles. The first-order valence-corrected chi connectivity index (χ1v) is 8.42. The number of imidazole rings is 1. The molecule has 0 saturated carbocycles. The number of aromatic nitrogens is 2. The van der Waals surface area contributed by atoms with Crippen LogP contribution < -0.4 is 0 Å². The summed E-state index contributed by atoms with van der Waals surface area (Å²) in [6.07, 6.45) is 6.20. The molecule has 0 bridgehead atoms. The minimum absolute atomic E-state index is 0.0703. The molecule has 0 aromatic carbocycles. The molecule has 1 amide bonds. The predicted molar refractivity (Wildman–Crippen MR) is 86.1 cm³/mol. The quantitative estimate of drug-likeness (QED) is 0.880. The molecule has 23 heavy (non-hydrogen) atoms. The molecule has 7 heteroatoms. The maximum Gasteiger partial charge on any atom is 0.309 e. The van der Waals surface area contributed by atoms with Gasteiger partial charge in [-0.1, -0.05) is 0 Å². The lowest BCUT2D eigenvalue weighted by molar-refractivity contribution is -0.142. The van der Waals surface area contributed by atoms with E-state index in [2.05, 4.69) is 4.98 Å². The van der Waals surface area contributed by atoms with Gasteiger partial charge in [0.25, 0.3) is 0 Å². The van der Waals surface area contributed by atoms with Crippen molar-refractivity contribution >= 4 is 23.2 Å². The van der Waals surface area contributed by atoms with Gasteiger partial charge in [-0.05, 0) is 25.5 Å². The minimum Gasteiger partial charge on any atom is -0.481 e. The molecule has 1 aliphatic heterocycles. The lowest BCUT2D eigenvalue weighted by Crippen LogP contribution is -2.31. The molecule has 0 aliphatic carbocycles. The molecule has 2 atom stereocenters. The number of carbonyl (C=O) groups excluding carboxylic acids is 1. The van der Waals surface area contributed by atoms with Gasteiger partial charge in [0.05, 0.1) is 18.3 Å². The van der Waals surface area contributed by atoms with Gasteiger partial charge in [0.1, 0.15) is 0 Å². The molecule has 122 valence electrons. The van der Waals surface area contributed by atoms with Crippen LogP contribution in [0.2, 0.25) is 0 Å². The fourth-order valence-electron chi connectivity index (χ4n) is 3.08. The predicted octanol–water partition coefficient (Wildman–Crippen LogP) is 2.32. The van der Waals surface area contributed by atoms with E-state index in [1.165, 1.54) is 0 Å². The highest BCUT2D eigenvalue weighted by Gasteiger charge is 2.44. The van der Waals surface area contributed by atoms with Gasteiger partial charge in [0, 0.05) is 41.7 Å². The van der Waals surface area contributed by atoms with Crippen LogP contribution in [0.25, 0.3) is 0 Å². The van der Waals surface area contributed by atoms with E-state index in [0.29, 0.717) is 6.54 Å². The van der Waals surface area contributed by atoms with Crippen LogP contribution in [0.15, 0.2) is 30.9 Å². The second kappa shape index (κ2) is 6.54. The van der Waals surface area contributed by atoms with Gasteiger partial charge in [-0.3, -0.25) is 9.59 Å². The normalized spacial score (nSPS) is 21.1. The summed E-state index contributed by atoms with van der Waals surface area (Å²) < 4.78 is 1.96. The number of aryl methyl sites for hydroxylation is 2. The van der Waals surface area contributed by atoms with Gasteiger partial charge in [-0.25, -0.2) is 4.98 Å². The van der Waals surface area contributed by atoms with Crippen LogP contribution in [-0.2, 0) is 16.1 Å². The topological polar surface area (TPSA) is 75.4 Å². The smallest absolute Gasteiger partial charge is 0.309 e. The summed E-state index contributed by atoms with van der Waals surface area (Å²) in [6, 6.07) is 3.58. The summed E-state index contributed by atoms with van der Waals surface area (Å²) in [7, 11) is 0. The Labute approximate surface area is 138 Å². The van der Waals surface area contributed by atoms with Crippen molar-refractivity contribution in [1.82, 2.24) is 14.5 Å². The highest BCUT2D eigenvalue weighted by Crippen LogP contribution is 2.41. The molecule has 1 aliphatic rings. The van der Waals surface area contributed by atoms with Gasteiger partial charge in [-0.2, -0.15) is 0 Å². The summed E-state index contributed by atoms with van der Waals surface area (Å²) in [5.41, 5.74) is 0. The van der Waals surface area contributed by atoms with Crippen LogP contribution in [0.4, 0.5) is 0 Å². The number of thiophene rings is 1. The third-order valence-electron chi connectivity index (χ3n) is 4.18. The Morgan fingerprint density at radius 3 is 2.87 bits per heavy atom. The molecule has 0 radical (unpaired) electrons. The standard InChI is InChI=1S/C16H19N3O3S/c1-11-3-4-13(23-11)15-12(16(21)22)9-14(20)19(15)7-2-6-18-8-5-17-10-18/h3-5,8,10,12,15H,2,6-7,9H2,1H3,(H,21,22). The van der Waals surface area contributed by atoms with Crippen molar-refractivity contribution in [2.75, 3.05) is 6.54 Å². The monoisotopic (exact) mass is 333 g/mol. The molecule has 1 saturated heterocycles. The fraction of sp³-hybridized carbons (Fsp3) is 0.438. The largest absolute Gasteiger partial charge is 0.481 e. The van der Waals surface area contributed by atoms with E-state index in [1.807, 2.05) is 29.8 Å². The number of amides is 1. The van der Waals surface area contributed by atoms with Gasteiger partial charge in [-0.15, -0.1) is 11.3 Å². The number of aliphatic carboxylic acids is 1. The number of likely N-dealkylation sites (tertiary alicyclic amines) is 1. The zero-order valence-corrected chi connectivity index (χ0v) is 13.7. The van der Waals surface area contributed by atoms with Gasteiger partial charge >= 0.3 is 5.97 Å². The third kappa shape index (κ3) is 3.29. The van der Waals surface area contributed by atoms with Crippen molar-refractivity contribution in [3.05, 3.63) is 40.6 Å². The SMILES string of the molecule is Cc1ccc(C2C(C(=O)O)CC(=O)N2CCCn2ccnc2)s1. The van der Waals surface area contributed by atoms with Crippen molar-refractivity contribution in [1.29, 1.82) is 0 Å². The molecule has 6 nitrogen and oxygen atoms in total. The zero-order chi connectivity index (χ0) is 16.4. The number of rotatable bonds is 6. The Balaban J connectivity index is 1.75. The van der Waals surface area contributed by atoms with Crippen LogP contribution >= 0.6 is 11.3 Å². The summed E-state index contributed by atoms with van der Waals surface area (Å²) in [6.45, 7) is 3.31. The second-order valence-electron chi connectivity index (χ2n) is 5.78. The van der Waals surface area contributed by atoms with E-state index in [4.69, 9.17) is 0 Å².